The van der Waals surface area contributed by atoms with Crippen LogP contribution >= 0.6 is 11.8 Å². The summed E-state index contributed by atoms with van der Waals surface area (Å²) < 4.78 is 0. The summed E-state index contributed by atoms with van der Waals surface area (Å²) in [5, 5.41) is 12.6. The molecule has 0 aromatic heterocycles. The van der Waals surface area contributed by atoms with Gasteiger partial charge in [0.1, 0.15) is 0 Å². The zero-order valence-corrected chi connectivity index (χ0v) is 12.4. The van der Waals surface area contributed by atoms with Crippen LogP contribution in [0.25, 0.3) is 0 Å². The Hall–Kier alpha value is -1.04. The molecular weight excluding hydrogens is 272 g/mol. The number of carbonyl (C=O) groups is 1. The van der Waals surface area contributed by atoms with Gasteiger partial charge in [0.2, 0.25) is 0 Å². The molecule has 1 fully saturated rings. The lowest BCUT2D eigenvalue weighted by molar-refractivity contribution is -0.138. The molecule has 1 saturated heterocycles. The zero-order valence-electron chi connectivity index (χ0n) is 11.6. The minimum Gasteiger partial charge on any atom is -0.481 e. The third-order valence-corrected chi connectivity index (χ3v) is 4.50. The van der Waals surface area contributed by atoms with Gasteiger partial charge < -0.3 is 15.3 Å². The number of nitrogens with zero attached hydrogens (tertiary/aromatic N) is 1. The molecule has 110 valence electrons. The summed E-state index contributed by atoms with van der Waals surface area (Å²) in [4.78, 5) is 13.8. The Morgan fingerprint density at radius 1 is 1.30 bits per heavy atom. The first kappa shape index (κ1) is 15.4. The van der Waals surface area contributed by atoms with Gasteiger partial charge in [-0.25, -0.2) is 0 Å². The fourth-order valence-corrected chi connectivity index (χ4v) is 3.32. The van der Waals surface area contributed by atoms with Crippen LogP contribution in [-0.2, 0) is 4.79 Å². The molecule has 0 bridgehead atoms. The maximum atomic E-state index is 11.3. The molecule has 1 aromatic rings. The average Bonchev–Trinajstić information content (AvgIpc) is 2.49. The van der Waals surface area contributed by atoms with Gasteiger partial charge in [0.25, 0.3) is 0 Å². The summed E-state index contributed by atoms with van der Waals surface area (Å²) in [5.74, 6) is 1.19. The fraction of sp³-hybridized carbons (Fsp3) is 0.533. The van der Waals surface area contributed by atoms with Gasteiger partial charge in [0, 0.05) is 44.2 Å². The van der Waals surface area contributed by atoms with Crippen LogP contribution in [-0.4, -0.2) is 60.2 Å². The molecule has 20 heavy (non-hydrogen) atoms. The summed E-state index contributed by atoms with van der Waals surface area (Å²) in [5.41, 5.74) is 0.863. The molecule has 1 heterocycles. The Labute approximate surface area is 124 Å². The zero-order chi connectivity index (χ0) is 14.2. The largest absolute Gasteiger partial charge is 0.481 e. The van der Waals surface area contributed by atoms with Crippen LogP contribution in [0, 0.1) is 0 Å². The van der Waals surface area contributed by atoms with Crippen molar-refractivity contribution in [2.45, 2.75) is 5.92 Å². The third kappa shape index (κ3) is 4.81. The minimum atomic E-state index is -0.766. The van der Waals surface area contributed by atoms with Crippen molar-refractivity contribution in [1.29, 1.82) is 0 Å². The lowest BCUT2D eigenvalue weighted by Crippen LogP contribution is -2.39. The monoisotopic (exact) mass is 294 g/mol. The molecule has 4 nitrogen and oxygen atoms in total. The molecule has 0 spiro atoms. The second-order valence-electron chi connectivity index (χ2n) is 4.96. The van der Waals surface area contributed by atoms with E-state index >= 15 is 0 Å². The SMILES string of the molecule is O=C(O)C(CNCCN1CCSCC1)c1ccccc1. The summed E-state index contributed by atoms with van der Waals surface area (Å²) in [6.07, 6.45) is 0. The third-order valence-electron chi connectivity index (χ3n) is 3.56. The highest BCUT2D eigenvalue weighted by Crippen LogP contribution is 2.14. The number of hydrogen-bond donors (Lipinski definition) is 2. The van der Waals surface area contributed by atoms with Crippen LogP contribution in [0.5, 0.6) is 0 Å². The van der Waals surface area contributed by atoms with E-state index in [1.807, 2.05) is 42.1 Å². The highest BCUT2D eigenvalue weighted by Gasteiger charge is 2.19. The van der Waals surface area contributed by atoms with Gasteiger partial charge >= 0.3 is 5.97 Å². The molecule has 0 aliphatic carbocycles. The fourth-order valence-electron chi connectivity index (χ4n) is 2.34. The van der Waals surface area contributed by atoms with Gasteiger partial charge in [-0.2, -0.15) is 11.8 Å². The maximum absolute atomic E-state index is 11.3. The second-order valence-corrected chi connectivity index (χ2v) is 6.18. The van der Waals surface area contributed by atoms with Gasteiger partial charge in [-0.15, -0.1) is 0 Å². The van der Waals surface area contributed by atoms with Gasteiger partial charge in [0.05, 0.1) is 5.92 Å². The van der Waals surface area contributed by atoms with E-state index in [1.165, 1.54) is 11.5 Å². The molecule has 0 amide bonds. The van der Waals surface area contributed by atoms with Gasteiger partial charge in [0.15, 0.2) is 0 Å². The highest BCUT2D eigenvalue weighted by atomic mass is 32.2. The van der Waals surface area contributed by atoms with Crippen LogP contribution in [0.4, 0.5) is 0 Å². The van der Waals surface area contributed by atoms with Crippen molar-refractivity contribution in [3.63, 3.8) is 0 Å². The minimum absolute atomic E-state index is 0.465. The Bertz CT molecular complexity index is 408. The van der Waals surface area contributed by atoms with Crippen molar-refractivity contribution in [3.8, 4) is 0 Å². The molecule has 1 atom stereocenters. The molecule has 5 heteroatoms. The summed E-state index contributed by atoms with van der Waals surface area (Å²) in [6.45, 7) is 4.63. The topological polar surface area (TPSA) is 52.6 Å². The average molecular weight is 294 g/mol. The molecule has 1 aliphatic heterocycles. The van der Waals surface area contributed by atoms with E-state index < -0.39 is 11.9 Å². The Kier molecular flexibility index (Phi) is 6.36. The molecule has 2 N–H and O–H groups in total. The van der Waals surface area contributed by atoms with Gasteiger partial charge in [-0.05, 0) is 5.56 Å². The first-order valence-electron chi connectivity index (χ1n) is 7.06. The number of thioether (sulfide) groups is 1. The number of carboxylic acids is 1. The molecule has 0 radical (unpaired) electrons. The number of carboxylic acid groups (broad SMARTS) is 1. The Morgan fingerprint density at radius 2 is 2.00 bits per heavy atom. The van der Waals surface area contributed by atoms with Gasteiger partial charge in [-0.3, -0.25) is 4.79 Å². The van der Waals surface area contributed by atoms with Crippen LogP contribution < -0.4 is 5.32 Å². The number of hydrogen-bond acceptors (Lipinski definition) is 4. The lowest BCUT2D eigenvalue weighted by atomic mass is 9.99. The predicted octanol–water partition coefficient (Wildman–Crippen LogP) is 1.49. The highest BCUT2D eigenvalue weighted by molar-refractivity contribution is 7.99. The summed E-state index contributed by atoms with van der Waals surface area (Å²) >= 11 is 2.00. The van der Waals surface area contributed by atoms with Crippen molar-refractivity contribution in [2.75, 3.05) is 44.2 Å². The smallest absolute Gasteiger partial charge is 0.312 e. The van der Waals surface area contributed by atoms with Crippen molar-refractivity contribution in [3.05, 3.63) is 35.9 Å². The Morgan fingerprint density at radius 3 is 2.65 bits per heavy atom. The van der Waals surface area contributed by atoms with Crippen LogP contribution in [0.15, 0.2) is 30.3 Å². The lowest BCUT2D eigenvalue weighted by Gasteiger charge is -2.26. The van der Waals surface area contributed by atoms with E-state index in [4.69, 9.17) is 0 Å². The van der Waals surface area contributed by atoms with E-state index in [9.17, 15) is 9.90 Å². The maximum Gasteiger partial charge on any atom is 0.312 e. The van der Waals surface area contributed by atoms with E-state index in [-0.39, 0.29) is 0 Å². The summed E-state index contributed by atoms with van der Waals surface area (Å²) in [7, 11) is 0. The second kappa shape index (κ2) is 8.29. The number of nitrogens with one attached hydrogen (secondary N) is 1. The molecule has 1 unspecified atom stereocenters. The Balaban J connectivity index is 1.74. The predicted molar refractivity (Wildman–Crippen MR) is 83.5 cm³/mol. The summed E-state index contributed by atoms with van der Waals surface area (Å²) in [6, 6.07) is 9.43. The first-order valence-corrected chi connectivity index (χ1v) is 8.21. The standard InChI is InChI=1S/C15H22N2O2S/c18-15(19)14(13-4-2-1-3-5-13)12-16-6-7-17-8-10-20-11-9-17/h1-5,14,16H,6-12H2,(H,18,19). The van der Waals surface area contributed by atoms with Crippen LogP contribution in [0.3, 0.4) is 0 Å². The van der Waals surface area contributed by atoms with Crippen LogP contribution in [0.2, 0.25) is 0 Å². The van der Waals surface area contributed by atoms with E-state index in [2.05, 4.69) is 10.2 Å². The molecule has 2 rings (SSSR count). The van der Waals surface area contributed by atoms with Crippen molar-refractivity contribution in [1.82, 2.24) is 10.2 Å². The molecule has 1 aliphatic rings. The van der Waals surface area contributed by atoms with Crippen molar-refractivity contribution >= 4 is 17.7 Å². The van der Waals surface area contributed by atoms with Crippen LogP contribution in [0.1, 0.15) is 11.5 Å². The van der Waals surface area contributed by atoms with E-state index in [0.29, 0.717) is 6.54 Å². The van der Waals surface area contributed by atoms with E-state index in [0.717, 1.165) is 31.7 Å². The van der Waals surface area contributed by atoms with E-state index in [1.54, 1.807) is 0 Å². The number of rotatable bonds is 7. The normalized spacial score (nSPS) is 17.8. The molecule has 1 aromatic carbocycles. The van der Waals surface area contributed by atoms with Gasteiger partial charge in [-0.1, -0.05) is 30.3 Å². The van der Waals surface area contributed by atoms with Crippen molar-refractivity contribution < 1.29 is 9.90 Å². The number of aliphatic carboxylic acids is 1. The quantitative estimate of drug-likeness (QED) is 0.746. The first-order chi connectivity index (χ1) is 9.77. The number of benzene rings is 1. The van der Waals surface area contributed by atoms with Crippen molar-refractivity contribution in [2.24, 2.45) is 0 Å². The molecular formula is C15H22N2O2S. The molecule has 0 saturated carbocycles.